The van der Waals surface area contributed by atoms with E-state index in [2.05, 4.69) is 48.4 Å². The summed E-state index contributed by atoms with van der Waals surface area (Å²) in [5.74, 6) is 1.60. The predicted octanol–water partition coefficient (Wildman–Crippen LogP) is 4.84. The molecule has 8 heteroatoms. The van der Waals surface area contributed by atoms with Gasteiger partial charge in [0.05, 0.1) is 16.7 Å². The van der Waals surface area contributed by atoms with E-state index < -0.39 is 5.54 Å². The van der Waals surface area contributed by atoms with Crippen LogP contribution in [0.15, 0.2) is 11.2 Å². The van der Waals surface area contributed by atoms with Crippen molar-refractivity contribution in [3.63, 3.8) is 0 Å². The van der Waals surface area contributed by atoms with Gasteiger partial charge in [0, 0.05) is 11.9 Å². The molecule has 2 aromatic rings. The van der Waals surface area contributed by atoms with Gasteiger partial charge in [-0.25, -0.2) is 0 Å². The maximum absolute atomic E-state index is 12.4. The second-order valence-corrected chi connectivity index (χ2v) is 12.1. The number of fused-ring (bicyclic) bond motifs is 1. The smallest absolute Gasteiger partial charge is 0.231 e. The summed E-state index contributed by atoms with van der Waals surface area (Å²) in [5, 5.41) is 21.7. The van der Waals surface area contributed by atoms with Crippen molar-refractivity contribution in [2.45, 2.75) is 71.5 Å². The van der Waals surface area contributed by atoms with E-state index in [9.17, 15) is 10.1 Å². The average molecular weight is 460 g/mol. The van der Waals surface area contributed by atoms with Gasteiger partial charge in [-0.1, -0.05) is 46.4 Å². The first-order valence-corrected chi connectivity index (χ1v) is 12.6. The van der Waals surface area contributed by atoms with E-state index in [1.807, 2.05) is 36.8 Å². The summed E-state index contributed by atoms with van der Waals surface area (Å²) in [6, 6.07) is 4.49. The standard InChI is InChI=1S/C23H33N5OS2/c1-14(2)23(6,13-24)25-19(29)12-30-21-27-26-20(28(21)7)18-11-15-10-16(22(3,4)5)8-9-17(15)31-18/h11,14,16H,8-10,12H2,1-7H3,(H,25,29). The van der Waals surface area contributed by atoms with Crippen molar-refractivity contribution in [3.8, 4) is 16.8 Å². The lowest BCUT2D eigenvalue weighted by Crippen LogP contribution is -2.49. The fraction of sp³-hybridized carbons (Fsp3) is 0.652. The molecular weight excluding hydrogens is 426 g/mol. The Hall–Kier alpha value is -1.85. The summed E-state index contributed by atoms with van der Waals surface area (Å²) in [6.07, 6.45) is 3.50. The Morgan fingerprint density at radius 2 is 2.10 bits per heavy atom. The SMILES string of the molecule is CC(C)C(C)(C#N)NC(=O)CSc1nnc(-c2cc3c(s2)CCC(C(C)(C)C)C3)n1C. The number of thioether (sulfide) groups is 1. The van der Waals surface area contributed by atoms with Crippen LogP contribution in [0.4, 0.5) is 0 Å². The molecule has 0 aromatic carbocycles. The quantitative estimate of drug-likeness (QED) is 0.625. The summed E-state index contributed by atoms with van der Waals surface area (Å²) in [5.41, 5.74) is 0.905. The predicted molar refractivity (Wildman–Crippen MR) is 127 cm³/mol. The van der Waals surface area contributed by atoms with Crippen molar-refractivity contribution in [1.82, 2.24) is 20.1 Å². The monoisotopic (exact) mass is 459 g/mol. The van der Waals surface area contributed by atoms with E-state index in [1.165, 1.54) is 28.6 Å². The van der Waals surface area contributed by atoms with Crippen LogP contribution in [0.5, 0.6) is 0 Å². The van der Waals surface area contributed by atoms with E-state index in [0.29, 0.717) is 16.5 Å². The van der Waals surface area contributed by atoms with Crippen molar-refractivity contribution in [3.05, 3.63) is 16.5 Å². The maximum atomic E-state index is 12.4. The van der Waals surface area contributed by atoms with E-state index in [1.54, 1.807) is 6.92 Å². The number of amides is 1. The molecule has 0 saturated carbocycles. The van der Waals surface area contributed by atoms with Gasteiger partial charge < -0.3 is 9.88 Å². The zero-order chi connectivity index (χ0) is 23.0. The fourth-order valence-electron chi connectivity index (χ4n) is 3.79. The summed E-state index contributed by atoms with van der Waals surface area (Å²) in [4.78, 5) is 15.0. The third-order valence-electron chi connectivity index (χ3n) is 6.48. The second kappa shape index (κ2) is 8.95. The van der Waals surface area contributed by atoms with Crippen LogP contribution in [-0.4, -0.2) is 32.0 Å². The minimum Gasteiger partial charge on any atom is -0.337 e. The van der Waals surface area contributed by atoms with Gasteiger partial charge in [0.15, 0.2) is 11.0 Å². The van der Waals surface area contributed by atoms with Crippen molar-refractivity contribution in [2.24, 2.45) is 24.3 Å². The minimum atomic E-state index is -0.871. The van der Waals surface area contributed by atoms with Gasteiger partial charge in [0.25, 0.3) is 0 Å². The lowest BCUT2D eigenvalue weighted by molar-refractivity contribution is -0.120. The highest BCUT2D eigenvalue weighted by atomic mass is 32.2. The lowest BCUT2D eigenvalue weighted by Gasteiger charge is -2.33. The molecule has 31 heavy (non-hydrogen) atoms. The fourth-order valence-corrected chi connectivity index (χ4v) is 5.73. The molecule has 6 nitrogen and oxygen atoms in total. The number of carbonyl (C=O) groups is 1. The third kappa shape index (κ3) is 5.15. The van der Waals surface area contributed by atoms with E-state index in [0.717, 1.165) is 23.5 Å². The molecule has 0 spiro atoms. The van der Waals surface area contributed by atoms with Crippen molar-refractivity contribution in [2.75, 3.05) is 5.75 Å². The highest BCUT2D eigenvalue weighted by Crippen LogP contribution is 2.42. The number of rotatable bonds is 6. The number of hydrogen-bond donors (Lipinski definition) is 1. The number of nitriles is 1. The Labute approximate surface area is 193 Å². The molecule has 0 radical (unpaired) electrons. The second-order valence-electron chi connectivity index (χ2n) is 10.0. The average Bonchev–Trinajstić information content (AvgIpc) is 3.27. The summed E-state index contributed by atoms with van der Waals surface area (Å²) in [7, 11) is 1.94. The van der Waals surface area contributed by atoms with Gasteiger partial charge in [0.1, 0.15) is 5.54 Å². The molecule has 2 aromatic heterocycles. The first-order chi connectivity index (χ1) is 14.4. The van der Waals surface area contributed by atoms with Crippen LogP contribution in [0, 0.1) is 28.6 Å². The molecule has 2 heterocycles. The first kappa shape index (κ1) is 23.8. The van der Waals surface area contributed by atoms with Gasteiger partial charge in [-0.3, -0.25) is 4.79 Å². The van der Waals surface area contributed by atoms with Crippen LogP contribution >= 0.6 is 23.1 Å². The highest BCUT2D eigenvalue weighted by molar-refractivity contribution is 7.99. The molecule has 0 fully saturated rings. The van der Waals surface area contributed by atoms with E-state index in [4.69, 9.17) is 0 Å². The number of nitrogens with one attached hydrogen (secondary N) is 1. The summed E-state index contributed by atoms with van der Waals surface area (Å²) in [6.45, 7) is 12.6. The number of hydrogen-bond acceptors (Lipinski definition) is 6. The molecule has 0 aliphatic heterocycles. The molecule has 1 N–H and O–H groups in total. The Morgan fingerprint density at radius 3 is 2.71 bits per heavy atom. The summed E-state index contributed by atoms with van der Waals surface area (Å²) < 4.78 is 1.96. The Morgan fingerprint density at radius 1 is 1.39 bits per heavy atom. The first-order valence-electron chi connectivity index (χ1n) is 10.8. The van der Waals surface area contributed by atoms with Gasteiger partial charge >= 0.3 is 0 Å². The Kier molecular flexibility index (Phi) is 6.87. The van der Waals surface area contributed by atoms with Crippen LogP contribution in [0.25, 0.3) is 10.7 Å². The maximum Gasteiger partial charge on any atom is 0.231 e. The molecule has 3 rings (SSSR count). The number of thiophene rings is 1. The van der Waals surface area contributed by atoms with Gasteiger partial charge in [-0.05, 0) is 55.1 Å². The largest absolute Gasteiger partial charge is 0.337 e. The van der Waals surface area contributed by atoms with Crippen LogP contribution < -0.4 is 5.32 Å². The van der Waals surface area contributed by atoms with Crippen LogP contribution in [0.3, 0.4) is 0 Å². The van der Waals surface area contributed by atoms with Crippen LogP contribution in [0.1, 0.15) is 58.4 Å². The van der Waals surface area contributed by atoms with Crippen molar-refractivity contribution in [1.29, 1.82) is 5.26 Å². The number of aromatic nitrogens is 3. The topological polar surface area (TPSA) is 83.6 Å². The van der Waals surface area contributed by atoms with E-state index >= 15 is 0 Å². The van der Waals surface area contributed by atoms with E-state index in [-0.39, 0.29) is 17.6 Å². The molecule has 1 amide bonds. The van der Waals surface area contributed by atoms with Crippen molar-refractivity contribution < 1.29 is 4.79 Å². The molecule has 168 valence electrons. The molecule has 0 saturated heterocycles. The van der Waals surface area contributed by atoms with Gasteiger partial charge in [-0.15, -0.1) is 21.5 Å². The zero-order valence-electron chi connectivity index (χ0n) is 19.6. The molecular formula is C23H33N5OS2. The highest BCUT2D eigenvalue weighted by Gasteiger charge is 2.31. The molecule has 0 bridgehead atoms. The number of aryl methyl sites for hydroxylation is 1. The molecule has 2 unspecified atom stereocenters. The Balaban J connectivity index is 1.69. The number of carbonyl (C=O) groups excluding carboxylic acids is 1. The molecule has 1 aliphatic rings. The normalized spacial score (nSPS) is 18.4. The van der Waals surface area contributed by atoms with Gasteiger partial charge in [0.2, 0.25) is 5.91 Å². The van der Waals surface area contributed by atoms with Crippen molar-refractivity contribution >= 4 is 29.0 Å². The molecule has 2 atom stereocenters. The molecule has 1 aliphatic carbocycles. The summed E-state index contributed by atoms with van der Waals surface area (Å²) >= 11 is 3.16. The lowest BCUT2D eigenvalue weighted by atomic mass is 9.72. The minimum absolute atomic E-state index is 0.0237. The van der Waals surface area contributed by atoms with Crippen LogP contribution in [-0.2, 0) is 24.7 Å². The zero-order valence-corrected chi connectivity index (χ0v) is 21.2. The van der Waals surface area contributed by atoms with Gasteiger partial charge in [-0.2, -0.15) is 5.26 Å². The number of nitrogens with zero attached hydrogens (tertiary/aromatic N) is 4. The third-order valence-corrected chi connectivity index (χ3v) is 8.73. The Bertz CT molecular complexity index is 995. The van der Waals surface area contributed by atoms with Crippen LogP contribution in [0.2, 0.25) is 0 Å².